The Hall–Kier alpha value is -2.62. The highest BCUT2D eigenvalue weighted by Gasteiger charge is 2.29. The molecule has 3 rings (SSSR count). The Kier molecular flexibility index (Phi) is 4.15. The Morgan fingerprint density at radius 3 is 2.26 bits per heavy atom. The van der Waals surface area contributed by atoms with Crippen LogP contribution in [-0.4, -0.2) is 11.8 Å². The van der Waals surface area contributed by atoms with Crippen LogP contribution in [0.25, 0.3) is 0 Å². The fraction of sp³-hybridized carbons (Fsp3) is 0.263. The molecule has 0 bridgehead atoms. The van der Waals surface area contributed by atoms with E-state index in [1.54, 1.807) is 24.3 Å². The van der Waals surface area contributed by atoms with Gasteiger partial charge in [-0.1, -0.05) is 17.7 Å². The molecule has 4 heteroatoms. The van der Waals surface area contributed by atoms with Crippen LogP contribution in [0.2, 0.25) is 0 Å². The lowest BCUT2D eigenvalue weighted by Crippen LogP contribution is -2.15. The summed E-state index contributed by atoms with van der Waals surface area (Å²) < 4.78 is 0. The van der Waals surface area contributed by atoms with Crippen molar-refractivity contribution >= 4 is 23.2 Å². The summed E-state index contributed by atoms with van der Waals surface area (Å²) in [7, 11) is 0. The van der Waals surface area contributed by atoms with Crippen molar-refractivity contribution in [1.29, 1.82) is 0 Å². The Bertz CT molecular complexity index is 746. The molecule has 118 valence electrons. The van der Waals surface area contributed by atoms with E-state index in [0.29, 0.717) is 5.56 Å². The van der Waals surface area contributed by atoms with Gasteiger partial charge in [0.1, 0.15) is 0 Å². The zero-order chi connectivity index (χ0) is 16.4. The van der Waals surface area contributed by atoms with Crippen molar-refractivity contribution in [2.45, 2.75) is 26.7 Å². The lowest BCUT2D eigenvalue weighted by molar-refractivity contribution is -0.117. The van der Waals surface area contributed by atoms with Crippen LogP contribution in [0.15, 0.2) is 42.5 Å². The van der Waals surface area contributed by atoms with Crippen molar-refractivity contribution in [1.82, 2.24) is 0 Å². The number of hydrogen-bond donors (Lipinski definition) is 2. The van der Waals surface area contributed by atoms with E-state index in [1.165, 1.54) is 0 Å². The molecule has 0 unspecified atom stereocenters. The molecule has 1 aliphatic rings. The summed E-state index contributed by atoms with van der Waals surface area (Å²) in [6.07, 6.45) is 1.95. The van der Waals surface area contributed by atoms with Gasteiger partial charge in [0.2, 0.25) is 5.91 Å². The monoisotopic (exact) mass is 308 g/mol. The summed E-state index contributed by atoms with van der Waals surface area (Å²) in [5.41, 5.74) is 4.30. The first-order valence-corrected chi connectivity index (χ1v) is 7.82. The number of nitrogens with one attached hydrogen (secondary N) is 2. The normalized spacial score (nSPS) is 13.5. The molecule has 0 saturated heterocycles. The minimum atomic E-state index is -0.156. The summed E-state index contributed by atoms with van der Waals surface area (Å²) in [6, 6.07) is 12.9. The Balaban J connectivity index is 1.66. The van der Waals surface area contributed by atoms with Crippen LogP contribution < -0.4 is 10.6 Å². The highest BCUT2D eigenvalue weighted by Crippen LogP contribution is 2.30. The molecule has 0 aromatic heterocycles. The van der Waals surface area contributed by atoms with Gasteiger partial charge in [-0.2, -0.15) is 0 Å². The maximum Gasteiger partial charge on any atom is 0.255 e. The Morgan fingerprint density at radius 2 is 1.65 bits per heavy atom. The molecule has 0 radical (unpaired) electrons. The van der Waals surface area contributed by atoms with E-state index in [2.05, 4.69) is 10.6 Å². The Labute approximate surface area is 135 Å². The van der Waals surface area contributed by atoms with Gasteiger partial charge in [-0.05, 0) is 62.6 Å². The van der Waals surface area contributed by atoms with Crippen molar-refractivity contribution in [2.24, 2.45) is 5.92 Å². The van der Waals surface area contributed by atoms with Gasteiger partial charge in [-0.25, -0.2) is 0 Å². The number of rotatable bonds is 4. The molecular weight excluding hydrogens is 288 g/mol. The van der Waals surface area contributed by atoms with Crippen LogP contribution in [0.4, 0.5) is 11.4 Å². The number of benzene rings is 2. The van der Waals surface area contributed by atoms with Crippen molar-refractivity contribution in [3.05, 3.63) is 59.2 Å². The van der Waals surface area contributed by atoms with E-state index in [1.807, 2.05) is 32.0 Å². The third kappa shape index (κ3) is 3.77. The largest absolute Gasteiger partial charge is 0.326 e. The lowest BCUT2D eigenvalue weighted by atomic mass is 10.1. The van der Waals surface area contributed by atoms with Gasteiger partial charge < -0.3 is 10.6 Å². The van der Waals surface area contributed by atoms with Crippen LogP contribution >= 0.6 is 0 Å². The van der Waals surface area contributed by atoms with Gasteiger partial charge in [-0.3, -0.25) is 9.59 Å². The topological polar surface area (TPSA) is 58.2 Å². The number of carbonyl (C=O) groups excluding carboxylic acids is 2. The second kappa shape index (κ2) is 6.24. The fourth-order valence-electron chi connectivity index (χ4n) is 2.44. The molecular formula is C19H20N2O2. The fourth-order valence-corrected chi connectivity index (χ4v) is 2.44. The van der Waals surface area contributed by atoms with Gasteiger partial charge >= 0.3 is 0 Å². The van der Waals surface area contributed by atoms with E-state index < -0.39 is 0 Å². The second-order valence-corrected chi connectivity index (χ2v) is 6.11. The van der Waals surface area contributed by atoms with Crippen molar-refractivity contribution in [3.63, 3.8) is 0 Å². The molecule has 0 atom stereocenters. The van der Waals surface area contributed by atoms with Crippen molar-refractivity contribution in [2.75, 3.05) is 10.6 Å². The smallest absolute Gasteiger partial charge is 0.255 e. The SMILES string of the molecule is Cc1ccc(NC(=O)c2ccc(NC(=O)C3CC3)cc2)c(C)c1. The minimum Gasteiger partial charge on any atom is -0.326 e. The summed E-state index contributed by atoms with van der Waals surface area (Å²) in [4.78, 5) is 24.0. The first kappa shape index (κ1) is 15.3. The Morgan fingerprint density at radius 1 is 0.957 bits per heavy atom. The van der Waals surface area contributed by atoms with E-state index in [9.17, 15) is 9.59 Å². The lowest BCUT2D eigenvalue weighted by Gasteiger charge is -2.10. The predicted octanol–water partition coefficient (Wildman–Crippen LogP) is 3.90. The molecule has 0 heterocycles. The average Bonchev–Trinajstić information content (AvgIpc) is 3.35. The molecule has 1 aliphatic carbocycles. The van der Waals surface area contributed by atoms with E-state index in [0.717, 1.165) is 35.3 Å². The molecule has 2 N–H and O–H groups in total. The molecule has 4 nitrogen and oxygen atoms in total. The van der Waals surface area contributed by atoms with Gasteiger partial charge in [0.05, 0.1) is 0 Å². The van der Waals surface area contributed by atoms with Crippen LogP contribution in [-0.2, 0) is 4.79 Å². The summed E-state index contributed by atoms with van der Waals surface area (Å²) in [5.74, 6) is 0.0805. The van der Waals surface area contributed by atoms with E-state index in [4.69, 9.17) is 0 Å². The highest BCUT2D eigenvalue weighted by atomic mass is 16.2. The standard InChI is InChI=1S/C19H20N2O2/c1-12-3-10-17(13(2)11-12)21-19(23)15-6-8-16(9-7-15)20-18(22)14-4-5-14/h3,6-11,14H,4-5H2,1-2H3,(H,20,22)(H,21,23). The number of hydrogen-bond acceptors (Lipinski definition) is 2. The molecule has 0 aliphatic heterocycles. The third-order valence-corrected chi connectivity index (χ3v) is 3.99. The second-order valence-electron chi connectivity index (χ2n) is 6.11. The van der Waals surface area contributed by atoms with E-state index >= 15 is 0 Å². The summed E-state index contributed by atoms with van der Waals surface area (Å²) in [6.45, 7) is 3.99. The van der Waals surface area contributed by atoms with E-state index in [-0.39, 0.29) is 17.7 Å². The first-order valence-electron chi connectivity index (χ1n) is 7.82. The quantitative estimate of drug-likeness (QED) is 0.900. The molecule has 2 aromatic carbocycles. The zero-order valence-electron chi connectivity index (χ0n) is 13.3. The predicted molar refractivity (Wildman–Crippen MR) is 91.7 cm³/mol. The van der Waals surface area contributed by atoms with Crippen LogP contribution in [0.3, 0.4) is 0 Å². The molecule has 1 fully saturated rings. The summed E-state index contributed by atoms with van der Waals surface area (Å²) >= 11 is 0. The number of aryl methyl sites for hydroxylation is 2. The van der Waals surface area contributed by atoms with Crippen LogP contribution in [0.1, 0.15) is 34.3 Å². The van der Waals surface area contributed by atoms with Gasteiger partial charge in [-0.15, -0.1) is 0 Å². The molecule has 1 saturated carbocycles. The maximum absolute atomic E-state index is 12.3. The number of amides is 2. The zero-order valence-corrected chi connectivity index (χ0v) is 13.3. The van der Waals surface area contributed by atoms with Gasteiger partial charge in [0, 0.05) is 22.9 Å². The summed E-state index contributed by atoms with van der Waals surface area (Å²) in [5, 5.41) is 5.78. The van der Waals surface area contributed by atoms with Gasteiger partial charge in [0.15, 0.2) is 0 Å². The first-order chi connectivity index (χ1) is 11.0. The number of anilines is 2. The number of carbonyl (C=O) groups is 2. The molecule has 2 aromatic rings. The van der Waals surface area contributed by atoms with Gasteiger partial charge in [0.25, 0.3) is 5.91 Å². The van der Waals surface area contributed by atoms with Crippen LogP contribution in [0, 0.1) is 19.8 Å². The van der Waals surface area contributed by atoms with Crippen molar-refractivity contribution < 1.29 is 9.59 Å². The highest BCUT2D eigenvalue weighted by molar-refractivity contribution is 6.05. The average molecular weight is 308 g/mol. The minimum absolute atomic E-state index is 0.0671. The molecule has 0 spiro atoms. The van der Waals surface area contributed by atoms with Crippen LogP contribution in [0.5, 0.6) is 0 Å². The molecule has 23 heavy (non-hydrogen) atoms. The van der Waals surface area contributed by atoms with Crippen molar-refractivity contribution in [3.8, 4) is 0 Å². The third-order valence-electron chi connectivity index (χ3n) is 3.99. The maximum atomic E-state index is 12.3. The molecule has 2 amide bonds.